The van der Waals surface area contributed by atoms with Crippen LogP contribution >= 0.6 is 0 Å². The number of methoxy groups -OCH3 is 1. The molecule has 5 heteroatoms. The van der Waals surface area contributed by atoms with E-state index in [4.69, 9.17) is 10.5 Å². The minimum absolute atomic E-state index is 0.569. The average molecular weight is 234 g/mol. The lowest BCUT2D eigenvalue weighted by Crippen LogP contribution is -2.49. The number of hydrogen-bond acceptors (Lipinski definition) is 3. The van der Waals surface area contributed by atoms with Gasteiger partial charge in [-0.05, 0) is 12.1 Å². The summed E-state index contributed by atoms with van der Waals surface area (Å²) in [5.41, 5.74) is 6.80. The fourth-order valence-corrected chi connectivity index (χ4v) is 1.78. The monoisotopic (exact) mass is 234 g/mol. The van der Waals surface area contributed by atoms with Gasteiger partial charge < -0.3 is 20.7 Å². The Morgan fingerprint density at radius 2 is 2.18 bits per heavy atom. The van der Waals surface area contributed by atoms with Crippen LogP contribution in [0.2, 0.25) is 0 Å². The Hall–Kier alpha value is -1.75. The number of hydrogen-bond donors (Lipinski definition) is 2. The summed E-state index contributed by atoms with van der Waals surface area (Å²) in [6.07, 6.45) is 0. The predicted molar refractivity (Wildman–Crippen MR) is 68.7 cm³/mol. The standard InChI is InChI=1S/C12H18N4O/c1-17-11-4-2-3-10(9-11)15-12(13)16-7-5-14-6-8-16/h2-4,9,14H,5-8H2,1H3,(H2,13,15). The van der Waals surface area contributed by atoms with E-state index in [1.54, 1.807) is 7.11 Å². The summed E-state index contributed by atoms with van der Waals surface area (Å²) in [4.78, 5) is 6.48. The van der Waals surface area contributed by atoms with Crippen LogP contribution in [-0.4, -0.2) is 44.1 Å². The van der Waals surface area contributed by atoms with Gasteiger partial charge in [0.25, 0.3) is 0 Å². The van der Waals surface area contributed by atoms with Crippen LogP contribution in [0.15, 0.2) is 29.3 Å². The first-order valence-electron chi connectivity index (χ1n) is 5.73. The zero-order valence-corrected chi connectivity index (χ0v) is 10.0. The summed E-state index contributed by atoms with van der Waals surface area (Å²) in [6, 6.07) is 7.58. The molecule has 1 aliphatic heterocycles. The molecule has 3 N–H and O–H groups in total. The first-order valence-corrected chi connectivity index (χ1v) is 5.73. The third-order valence-corrected chi connectivity index (χ3v) is 2.74. The van der Waals surface area contributed by atoms with Crippen molar-refractivity contribution in [3.05, 3.63) is 24.3 Å². The Bertz CT molecular complexity index is 399. The van der Waals surface area contributed by atoms with E-state index in [9.17, 15) is 0 Å². The minimum atomic E-state index is 0.569. The van der Waals surface area contributed by atoms with Crippen molar-refractivity contribution in [3.63, 3.8) is 0 Å². The molecule has 0 saturated carbocycles. The minimum Gasteiger partial charge on any atom is -0.497 e. The first-order chi connectivity index (χ1) is 8.29. The molecule has 1 heterocycles. The SMILES string of the molecule is COc1cccc(N=C(N)N2CCNCC2)c1. The second-order valence-corrected chi connectivity index (χ2v) is 3.91. The van der Waals surface area contributed by atoms with E-state index in [1.165, 1.54) is 0 Å². The number of ether oxygens (including phenoxy) is 1. The molecule has 17 heavy (non-hydrogen) atoms. The van der Waals surface area contributed by atoms with Gasteiger partial charge in [0.2, 0.25) is 0 Å². The molecule has 0 aliphatic carbocycles. The summed E-state index contributed by atoms with van der Waals surface area (Å²) >= 11 is 0. The molecule has 92 valence electrons. The van der Waals surface area contributed by atoms with Gasteiger partial charge >= 0.3 is 0 Å². The largest absolute Gasteiger partial charge is 0.497 e. The van der Waals surface area contributed by atoms with E-state index in [1.807, 2.05) is 24.3 Å². The number of rotatable bonds is 2. The van der Waals surface area contributed by atoms with Crippen molar-refractivity contribution in [3.8, 4) is 5.75 Å². The Kier molecular flexibility index (Phi) is 3.82. The molecule has 0 aromatic heterocycles. The zero-order valence-electron chi connectivity index (χ0n) is 10.0. The summed E-state index contributed by atoms with van der Waals surface area (Å²) in [6.45, 7) is 3.71. The number of guanidine groups is 1. The molecule has 0 amide bonds. The smallest absolute Gasteiger partial charge is 0.196 e. The number of piperazine rings is 1. The van der Waals surface area contributed by atoms with Gasteiger partial charge in [0, 0.05) is 32.2 Å². The molecule has 0 bridgehead atoms. The van der Waals surface area contributed by atoms with E-state index in [2.05, 4.69) is 15.2 Å². The van der Waals surface area contributed by atoms with Gasteiger partial charge in [-0.25, -0.2) is 4.99 Å². The van der Waals surface area contributed by atoms with Crippen LogP contribution < -0.4 is 15.8 Å². The molecule has 5 nitrogen and oxygen atoms in total. The summed E-state index contributed by atoms with van der Waals surface area (Å²) in [5, 5.41) is 3.28. The van der Waals surface area contributed by atoms with Crippen LogP contribution in [0.5, 0.6) is 5.75 Å². The molecular formula is C12H18N4O. The van der Waals surface area contributed by atoms with Crippen molar-refractivity contribution in [2.24, 2.45) is 10.7 Å². The maximum Gasteiger partial charge on any atom is 0.196 e. The van der Waals surface area contributed by atoms with Crippen molar-refractivity contribution in [1.82, 2.24) is 10.2 Å². The van der Waals surface area contributed by atoms with Crippen molar-refractivity contribution in [2.45, 2.75) is 0 Å². The summed E-state index contributed by atoms with van der Waals surface area (Å²) in [7, 11) is 1.64. The van der Waals surface area contributed by atoms with Crippen LogP contribution in [0.4, 0.5) is 5.69 Å². The fraction of sp³-hybridized carbons (Fsp3) is 0.417. The summed E-state index contributed by atoms with van der Waals surface area (Å²) < 4.78 is 5.15. The second kappa shape index (κ2) is 5.54. The van der Waals surface area contributed by atoms with E-state index in [0.29, 0.717) is 5.96 Å². The lowest BCUT2D eigenvalue weighted by molar-refractivity contribution is 0.354. The Labute approximate surface area is 101 Å². The molecule has 1 aliphatic rings. The van der Waals surface area contributed by atoms with Gasteiger partial charge in [0.1, 0.15) is 5.75 Å². The predicted octanol–water partition coefficient (Wildman–Crippen LogP) is 0.547. The Morgan fingerprint density at radius 3 is 2.88 bits per heavy atom. The highest BCUT2D eigenvalue weighted by Gasteiger charge is 2.11. The molecule has 0 atom stereocenters. The van der Waals surface area contributed by atoms with Gasteiger partial charge in [0.05, 0.1) is 12.8 Å². The van der Waals surface area contributed by atoms with Crippen LogP contribution in [0, 0.1) is 0 Å². The number of nitrogens with zero attached hydrogens (tertiary/aromatic N) is 2. The zero-order chi connectivity index (χ0) is 12.1. The highest BCUT2D eigenvalue weighted by atomic mass is 16.5. The number of nitrogens with two attached hydrogens (primary N) is 1. The molecule has 1 fully saturated rings. The maximum absolute atomic E-state index is 5.98. The molecule has 0 radical (unpaired) electrons. The molecule has 1 saturated heterocycles. The Balaban J connectivity index is 2.10. The van der Waals surface area contributed by atoms with E-state index < -0.39 is 0 Å². The highest BCUT2D eigenvalue weighted by molar-refractivity contribution is 5.81. The van der Waals surface area contributed by atoms with E-state index in [0.717, 1.165) is 37.6 Å². The molecule has 0 spiro atoms. The number of nitrogens with one attached hydrogen (secondary N) is 1. The topological polar surface area (TPSA) is 62.9 Å². The lowest BCUT2D eigenvalue weighted by Gasteiger charge is -2.28. The molecule has 1 aromatic rings. The third kappa shape index (κ3) is 3.10. The summed E-state index contributed by atoms with van der Waals surface area (Å²) in [5.74, 6) is 1.36. The van der Waals surface area contributed by atoms with Gasteiger partial charge in [0.15, 0.2) is 5.96 Å². The normalized spacial score (nSPS) is 17.0. The molecular weight excluding hydrogens is 216 g/mol. The van der Waals surface area contributed by atoms with E-state index in [-0.39, 0.29) is 0 Å². The molecule has 2 rings (SSSR count). The number of aliphatic imine (C=N–C) groups is 1. The van der Waals surface area contributed by atoms with Crippen molar-refractivity contribution < 1.29 is 4.74 Å². The number of benzene rings is 1. The quantitative estimate of drug-likeness (QED) is 0.579. The van der Waals surface area contributed by atoms with Crippen LogP contribution in [0.25, 0.3) is 0 Å². The van der Waals surface area contributed by atoms with Gasteiger partial charge in [-0.3, -0.25) is 0 Å². The van der Waals surface area contributed by atoms with Crippen LogP contribution in [0.3, 0.4) is 0 Å². The van der Waals surface area contributed by atoms with Crippen LogP contribution in [0.1, 0.15) is 0 Å². The van der Waals surface area contributed by atoms with Crippen molar-refractivity contribution >= 4 is 11.6 Å². The highest BCUT2D eigenvalue weighted by Crippen LogP contribution is 2.19. The van der Waals surface area contributed by atoms with Gasteiger partial charge in [-0.15, -0.1) is 0 Å². The van der Waals surface area contributed by atoms with Crippen molar-refractivity contribution in [1.29, 1.82) is 0 Å². The fourth-order valence-electron chi connectivity index (χ4n) is 1.78. The van der Waals surface area contributed by atoms with Gasteiger partial charge in [-0.2, -0.15) is 0 Å². The third-order valence-electron chi connectivity index (χ3n) is 2.74. The lowest BCUT2D eigenvalue weighted by atomic mass is 10.3. The maximum atomic E-state index is 5.98. The molecule has 1 aromatic carbocycles. The molecule has 0 unspecified atom stereocenters. The Morgan fingerprint density at radius 1 is 1.41 bits per heavy atom. The first kappa shape index (κ1) is 11.7. The van der Waals surface area contributed by atoms with Crippen LogP contribution in [-0.2, 0) is 0 Å². The average Bonchev–Trinajstić information content (AvgIpc) is 2.40. The van der Waals surface area contributed by atoms with E-state index >= 15 is 0 Å². The van der Waals surface area contributed by atoms with Gasteiger partial charge in [-0.1, -0.05) is 6.07 Å². The second-order valence-electron chi connectivity index (χ2n) is 3.91. The van der Waals surface area contributed by atoms with Crippen molar-refractivity contribution in [2.75, 3.05) is 33.3 Å².